The number of nitrogens with zero attached hydrogens (tertiary/aromatic N) is 1. The summed E-state index contributed by atoms with van der Waals surface area (Å²) in [4.78, 5) is 2.22. The lowest BCUT2D eigenvalue weighted by atomic mass is 9.87. The second-order valence-electron chi connectivity index (χ2n) is 4.84. The van der Waals surface area contributed by atoms with E-state index in [9.17, 15) is 10.2 Å². The van der Waals surface area contributed by atoms with Crippen LogP contribution >= 0.6 is 0 Å². The molecule has 0 bridgehead atoms. The van der Waals surface area contributed by atoms with Crippen LogP contribution < -0.4 is 0 Å². The van der Waals surface area contributed by atoms with Crippen molar-refractivity contribution in [3.63, 3.8) is 0 Å². The number of aliphatic hydroxyl groups excluding tert-OH is 2. The molecule has 0 aliphatic carbocycles. The summed E-state index contributed by atoms with van der Waals surface area (Å²) < 4.78 is 0. The zero-order valence-electron chi connectivity index (χ0n) is 8.82. The van der Waals surface area contributed by atoms with Gasteiger partial charge in [-0.25, -0.2) is 0 Å². The molecule has 0 saturated carbocycles. The summed E-state index contributed by atoms with van der Waals surface area (Å²) in [6.45, 7) is 8.52. The van der Waals surface area contributed by atoms with Crippen LogP contribution in [0.4, 0.5) is 0 Å². The SMILES string of the molecule is CC(O)C(C)(C)CN1CCC(O)C1. The summed E-state index contributed by atoms with van der Waals surface area (Å²) in [7, 11) is 0. The molecular weight excluding hydrogens is 166 g/mol. The minimum atomic E-state index is -0.301. The highest BCUT2D eigenvalue weighted by Crippen LogP contribution is 2.24. The van der Waals surface area contributed by atoms with Gasteiger partial charge in [-0.1, -0.05) is 13.8 Å². The number of rotatable bonds is 3. The van der Waals surface area contributed by atoms with Crippen molar-refractivity contribution in [2.45, 2.75) is 39.4 Å². The van der Waals surface area contributed by atoms with Crippen LogP contribution in [0.5, 0.6) is 0 Å². The molecule has 2 N–H and O–H groups in total. The average Bonchev–Trinajstić information content (AvgIpc) is 2.34. The Kier molecular flexibility index (Phi) is 3.33. The van der Waals surface area contributed by atoms with Crippen molar-refractivity contribution < 1.29 is 10.2 Å². The Bertz CT molecular complexity index is 168. The van der Waals surface area contributed by atoms with Crippen molar-refractivity contribution in [3.05, 3.63) is 0 Å². The topological polar surface area (TPSA) is 43.7 Å². The molecule has 1 fully saturated rings. The van der Waals surface area contributed by atoms with Gasteiger partial charge < -0.3 is 15.1 Å². The van der Waals surface area contributed by atoms with Gasteiger partial charge in [0.15, 0.2) is 0 Å². The monoisotopic (exact) mass is 187 g/mol. The minimum absolute atomic E-state index is 0.0793. The second kappa shape index (κ2) is 3.95. The Labute approximate surface area is 80.4 Å². The number of β-amino-alcohol motifs (C(OH)–C–C–N with tert-alkyl or cyclic N) is 1. The first kappa shape index (κ1) is 11.0. The van der Waals surface area contributed by atoms with E-state index in [4.69, 9.17) is 0 Å². The molecule has 1 saturated heterocycles. The maximum atomic E-state index is 9.52. The molecule has 13 heavy (non-hydrogen) atoms. The normalized spacial score (nSPS) is 27.9. The van der Waals surface area contributed by atoms with E-state index in [0.29, 0.717) is 0 Å². The largest absolute Gasteiger partial charge is 0.393 e. The maximum absolute atomic E-state index is 9.52. The molecule has 3 heteroatoms. The average molecular weight is 187 g/mol. The lowest BCUT2D eigenvalue weighted by Gasteiger charge is -2.32. The summed E-state index contributed by atoms with van der Waals surface area (Å²) in [6, 6.07) is 0. The molecule has 3 nitrogen and oxygen atoms in total. The molecule has 2 atom stereocenters. The van der Waals surface area contributed by atoms with Crippen molar-refractivity contribution in [1.82, 2.24) is 4.90 Å². The molecule has 78 valence electrons. The van der Waals surface area contributed by atoms with E-state index in [-0.39, 0.29) is 17.6 Å². The first-order valence-corrected chi connectivity index (χ1v) is 5.00. The summed E-state index contributed by atoms with van der Waals surface area (Å²) in [6.07, 6.45) is 0.408. The van der Waals surface area contributed by atoms with Crippen LogP contribution in [0, 0.1) is 5.41 Å². The Hall–Kier alpha value is -0.120. The first-order chi connectivity index (χ1) is 5.92. The van der Waals surface area contributed by atoms with Gasteiger partial charge >= 0.3 is 0 Å². The molecule has 0 aromatic heterocycles. The van der Waals surface area contributed by atoms with Crippen molar-refractivity contribution in [1.29, 1.82) is 0 Å². The summed E-state index contributed by atoms with van der Waals surface area (Å²) in [5.74, 6) is 0. The smallest absolute Gasteiger partial charge is 0.0679 e. The molecule has 1 heterocycles. The van der Waals surface area contributed by atoms with Crippen molar-refractivity contribution in [2.24, 2.45) is 5.41 Å². The van der Waals surface area contributed by atoms with Crippen molar-refractivity contribution in [3.8, 4) is 0 Å². The molecule has 0 spiro atoms. The summed E-state index contributed by atoms with van der Waals surface area (Å²) in [5, 5.41) is 18.8. The van der Waals surface area contributed by atoms with E-state index >= 15 is 0 Å². The van der Waals surface area contributed by atoms with Gasteiger partial charge in [0.2, 0.25) is 0 Å². The van der Waals surface area contributed by atoms with Crippen LogP contribution in [0.3, 0.4) is 0 Å². The van der Waals surface area contributed by atoms with Gasteiger partial charge in [-0.05, 0) is 13.3 Å². The van der Waals surface area contributed by atoms with Gasteiger partial charge in [0.1, 0.15) is 0 Å². The van der Waals surface area contributed by atoms with Crippen LogP contribution in [0.15, 0.2) is 0 Å². The van der Waals surface area contributed by atoms with Gasteiger partial charge in [0, 0.05) is 25.0 Å². The molecular formula is C10H21NO2. The lowest BCUT2D eigenvalue weighted by molar-refractivity contribution is 0.0371. The highest BCUT2D eigenvalue weighted by Gasteiger charge is 2.30. The zero-order chi connectivity index (χ0) is 10.1. The van der Waals surface area contributed by atoms with E-state index < -0.39 is 0 Å². The Morgan fingerprint density at radius 3 is 2.54 bits per heavy atom. The third-order valence-electron chi connectivity index (χ3n) is 3.01. The molecule has 0 amide bonds. The molecule has 1 aliphatic rings. The second-order valence-corrected chi connectivity index (χ2v) is 4.84. The van der Waals surface area contributed by atoms with E-state index in [1.165, 1.54) is 0 Å². The van der Waals surface area contributed by atoms with Crippen LogP contribution in [-0.4, -0.2) is 47.0 Å². The van der Waals surface area contributed by atoms with E-state index in [1.807, 2.05) is 6.92 Å². The quantitative estimate of drug-likeness (QED) is 0.674. The lowest BCUT2D eigenvalue weighted by Crippen LogP contribution is -2.39. The Morgan fingerprint density at radius 1 is 1.54 bits per heavy atom. The van der Waals surface area contributed by atoms with Crippen LogP contribution in [0.2, 0.25) is 0 Å². The van der Waals surface area contributed by atoms with Gasteiger partial charge in [0.25, 0.3) is 0 Å². The zero-order valence-corrected chi connectivity index (χ0v) is 8.82. The predicted octanol–water partition coefficient (Wildman–Crippen LogP) is 0.460. The highest BCUT2D eigenvalue weighted by molar-refractivity contribution is 4.83. The molecule has 0 aromatic rings. The maximum Gasteiger partial charge on any atom is 0.0679 e. The minimum Gasteiger partial charge on any atom is -0.393 e. The fourth-order valence-electron chi connectivity index (χ4n) is 1.66. The molecule has 2 unspecified atom stereocenters. The van der Waals surface area contributed by atoms with Gasteiger partial charge in [-0.2, -0.15) is 0 Å². The Morgan fingerprint density at radius 2 is 2.15 bits per heavy atom. The van der Waals surface area contributed by atoms with Crippen LogP contribution in [-0.2, 0) is 0 Å². The molecule has 1 aliphatic heterocycles. The molecule has 1 rings (SSSR count). The van der Waals surface area contributed by atoms with Crippen molar-refractivity contribution in [2.75, 3.05) is 19.6 Å². The van der Waals surface area contributed by atoms with Gasteiger partial charge in [-0.15, -0.1) is 0 Å². The number of hydrogen-bond donors (Lipinski definition) is 2. The molecule has 0 radical (unpaired) electrons. The third-order valence-corrected chi connectivity index (χ3v) is 3.01. The third kappa shape index (κ3) is 2.93. The first-order valence-electron chi connectivity index (χ1n) is 5.00. The van der Waals surface area contributed by atoms with Crippen LogP contribution in [0.25, 0.3) is 0 Å². The molecule has 0 aromatic carbocycles. The summed E-state index contributed by atoms with van der Waals surface area (Å²) in [5.41, 5.74) is -0.0793. The van der Waals surface area contributed by atoms with Crippen LogP contribution in [0.1, 0.15) is 27.2 Å². The Balaban J connectivity index is 2.40. The predicted molar refractivity (Wildman–Crippen MR) is 52.5 cm³/mol. The van der Waals surface area contributed by atoms with Gasteiger partial charge in [-0.3, -0.25) is 0 Å². The highest BCUT2D eigenvalue weighted by atomic mass is 16.3. The summed E-state index contributed by atoms with van der Waals surface area (Å²) >= 11 is 0. The van der Waals surface area contributed by atoms with E-state index in [1.54, 1.807) is 0 Å². The van der Waals surface area contributed by atoms with Gasteiger partial charge in [0.05, 0.1) is 12.2 Å². The van der Waals surface area contributed by atoms with Crippen molar-refractivity contribution >= 4 is 0 Å². The van der Waals surface area contributed by atoms with E-state index in [2.05, 4.69) is 18.7 Å². The van der Waals surface area contributed by atoms with E-state index in [0.717, 1.165) is 26.1 Å². The number of likely N-dealkylation sites (tertiary alicyclic amines) is 1. The number of hydrogen-bond acceptors (Lipinski definition) is 3. The standard InChI is InChI=1S/C10H21NO2/c1-8(12)10(2,3)7-11-5-4-9(13)6-11/h8-9,12-13H,4-7H2,1-3H3. The fraction of sp³-hybridized carbons (Fsp3) is 1.00. The fourth-order valence-corrected chi connectivity index (χ4v) is 1.66. The number of aliphatic hydroxyl groups is 2.